The van der Waals surface area contributed by atoms with E-state index in [0.717, 1.165) is 13.1 Å². The van der Waals surface area contributed by atoms with Crippen molar-refractivity contribution < 1.29 is 9.53 Å². The van der Waals surface area contributed by atoms with Crippen LogP contribution in [0.25, 0.3) is 0 Å². The van der Waals surface area contributed by atoms with Gasteiger partial charge < -0.3 is 10.1 Å². The highest BCUT2D eigenvalue weighted by Crippen LogP contribution is 2.29. The largest absolute Gasteiger partial charge is 0.496 e. The maximum atomic E-state index is 12.0. The molecule has 0 spiro atoms. The first-order valence-electron chi connectivity index (χ1n) is 4.81. The third-order valence-corrected chi connectivity index (χ3v) is 2.91. The second-order valence-electron chi connectivity index (χ2n) is 3.54. The molecule has 1 aliphatic rings. The van der Waals surface area contributed by atoms with E-state index in [9.17, 15) is 4.79 Å². The Bertz CT molecular complexity index is 388. The van der Waals surface area contributed by atoms with Gasteiger partial charge in [0.25, 0.3) is 0 Å². The summed E-state index contributed by atoms with van der Waals surface area (Å²) >= 11 is 6.01. The maximum Gasteiger partial charge on any atom is 0.173 e. The van der Waals surface area contributed by atoms with Gasteiger partial charge in [-0.25, -0.2) is 0 Å². The third kappa shape index (κ3) is 1.85. The number of hydrogen-bond donors (Lipinski definition) is 1. The first-order valence-corrected chi connectivity index (χ1v) is 5.19. The molecule has 1 heterocycles. The Balaban J connectivity index is 2.36. The van der Waals surface area contributed by atoms with Crippen molar-refractivity contribution in [2.45, 2.75) is 0 Å². The Labute approximate surface area is 93.4 Å². The minimum atomic E-state index is 0.0406. The van der Waals surface area contributed by atoms with Gasteiger partial charge in [0, 0.05) is 19.0 Å². The quantitative estimate of drug-likeness (QED) is 0.797. The van der Waals surface area contributed by atoms with Crippen molar-refractivity contribution in [3.05, 3.63) is 28.8 Å². The van der Waals surface area contributed by atoms with Gasteiger partial charge in [0.05, 0.1) is 17.7 Å². The number of hydrogen-bond acceptors (Lipinski definition) is 3. The van der Waals surface area contributed by atoms with Gasteiger partial charge in [-0.05, 0) is 12.1 Å². The molecule has 1 saturated heterocycles. The predicted octanol–water partition coefficient (Wildman–Crippen LogP) is 1.75. The Kier molecular flexibility index (Phi) is 2.93. The topological polar surface area (TPSA) is 38.3 Å². The number of ketones is 1. The zero-order valence-electron chi connectivity index (χ0n) is 8.42. The van der Waals surface area contributed by atoms with E-state index in [1.54, 1.807) is 25.3 Å². The molecule has 1 aromatic rings. The fourth-order valence-corrected chi connectivity index (χ4v) is 1.85. The molecular weight excluding hydrogens is 214 g/mol. The molecule has 1 aliphatic heterocycles. The Morgan fingerprint density at radius 2 is 2.27 bits per heavy atom. The monoisotopic (exact) mass is 225 g/mol. The van der Waals surface area contributed by atoms with Crippen LogP contribution in [0.15, 0.2) is 18.2 Å². The van der Waals surface area contributed by atoms with Crippen LogP contribution in [0.1, 0.15) is 10.4 Å². The Morgan fingerprint density at radius 1 is 1.53 bits per heavy atom. The fraction of sp³-hybridized carbons (Fsp3) is 0.364. The summed E-state index contributed by atoms with van der Waals surface area (Å²) in [6.07, 6.45) is 0. The van der Waals surface area contributed by atoms with E-state index in [4.69, 9.17) is 16.3 Å². The van der Waals surface area contributed by atoms with Gasteiger partial charge >= 0.3 is 0 Å². The van der Waals surface area contributed by atoms with E-state index < -0.39 is 0 Å². The average Bonchev–Trinajstić information content (AvgIpc) is 2.14. The van der Waals surface area contributed by atoms with E-state index in [2.05, 4.69) is 5.32 Å². The molecule has 4 heteroatoms. The molecule has 0 radical (unpaired) electrons. The lowest BCUT2D eigenvalue weighted by Gasteiger charge is -2.26. The normalized spacial score (nSPS) is 15.9. The number of carbonyl (C=O) groups excluding carboxylic acids is 1. The number of benzene rings is 1. The van der Waals surface area contributed by atoms with Gasteiger partial charge in [-0.1, -0.05) is 17.7 Å². The number of carbonyl (C=O) groups is 1. The van der Waals surface area contributed by atoms with Gasteiger partial charge in [-0.3, -0.25) is 4.79 Å². The first kappa shape index (κ1) is 10.5. The lowest BCUT2D eigenvalue weighted by atomic mass is 9.92. The van der Waals surface area contributed by atoms with Crippen molar-refractivity contribution in [3.8, 4) is 5.75 Å². The molecule has 0 bridgehead atoms. The molecule has 1 aromatic carbocycles. The minimum absolute atomic E-state index is 0.0406. The van der Waals surface area contributed by atoms with Crippen LogP contribution in [0.5, 0.6) is 5.75 Å². The van der Waals surface area contributed by atoms with Crippen molar-refractivity contribution in [3.63, 3.8) is 0 Å². The summed E-state index contributed by atoms with van der Waals surface area (Å²) in [5, 5.41) is 3.53. The van der Waals surface area contributed by atoms with Crippen molar-refractivity contribution in [1.29, 1.82) is 0 Å². The van der Waals surface area contributed by atoms with E-state index >= 15 is 0 Å². The number of nitrogens with one attached hydrogen (secondary N) is 1. The molecule has 0 atom stereocenters. The Morgan fingerprint density at radius 3 is 2.80 bits per heavy atom. The molecule has 2 rings (SSSR count). The average molecular weight is 226 g/mol. The second-order valence-corrected chi connectivity index (χ2v) is 3.94. The van der Waals surface area contributed by atoms with Gasteiger partial charge in [0.1, 0.15) is 5.75 Å². The van der Waals surface area contributed by atoms with Gasteiger partial charge in [0.2, 0.25) is 0 Å². The summed E-state index contributed by atoms with van der Waals surface area (Å²) in [4.78, 5) is 12.0. The molecule has 0 amide bonds. The van der Waals surface area contributed by atoms with Crippen LogP contribution in [-0.2, 0) is 0 Å². The molecule has 15 heavy (non-hydrogen) atoms. The van der Waals surface area contributed by atoms with Crippen LogP contribution in [0.3, 0.4) is 0 Å². The summed E-state index contributed by atoms with van der Waals surface area (Å²) < 4.78 is 5.14. The summed E-state index contributed by atoms with van der Waals surface area (Å²) in [7, 11) is 1.54. The van der Waals surface area contributed by atoms with Crippen LogP contribution in [0.4, 0.5) is 0 Å². The molecule has 1 N–H and O–H groups in total. The summed E-state index contributed by atoms with van der Waals surface area (Å²) in [6.45, 7) is 1.46. The molecule has 3 nitrogen and oxygen atoms in total. The Hall–Kier alpha value is -1.06. The zero-order chi connectivity index (χ0) is 10.8. The molecule has 0 aromatic heterocycles. The molecular formula is C11H12ClNO2. The van der Waals surface area contributed by atoms with E-state index in [0.29, 0.717) is 16.3 Å². The molecule has 0 saturated carbocycles. The lowest BCUT2D eigenvalue weighted by molar-refractivity contribution is 0.0875. The standard InChI is InChI=1S/C11H12ClNO2/c1-15-9-4-2-3-8(12)10(9)11(14)7-5-13-6-7/h2-4,7,13H,5-6H2,1H3. The van der Waals surface area contributed by atoms with Gasteiger partial charge in [-0.15, -0.1) is 0 Å². The van der Waals surface area contributed by atoms with E-state index in [-0.39, 0.29) is 11.7 Å². The second kappa shape index (κ2) is 4.21. The molecule has 1 fully saturated rings. The highest BCUT2D eigenvalue weighted by molar-refractivity contribution is 6.34. The first-order chi connectivity index (χ1) is 7.24. The highest BCUT2D eigenvalue weighted by Gasteiger charge is 2.29. The van der Waals surface area contributed by atoms with E-state index in [1.165, 1.54) is 0 Å². The van der Waals surface area contributed by atoms with Crippen LogP contribution < -0.4 is 10.1 Å². The van der Waals surface area contributed by atoms with Gasteiger partial charge in [-0.2, -0.15) is 0 Å². The molecule has 80 valence electrons. The van der Waals surface area contributed by atoms with E-state index in [1.807, 2.05) is 0 Å². The highest BCUT2D eigenvalue weighted by atomic mass is 35.5. The smallest absolute Gasteiger partial charge is 0.173 e. The predicted molar refractivity (Wildman–Crippen MR) is 58.7 cm³/mol. The maximum absolute atomic E-state index is 12.0. The van der Waals surface area contributed by atoms with Crippen molar-refractivity contribution in [2.24, 2.45) is 5.92 Å². The number of halogens is 1. The third-order valence-electron chi connectivity index (χ3n) is 2.59. The van der Waals surface area contributed by atoms with Crippen LogP contribution in [-0.4, -0.2) is 26.0 Å². The number of ether oxygens (including phenoxy) is 1. The summed E-state index contributed by atoms with van der Waals surface area (Å²) in [6, 6.07) is 5.24. The molecule has 0 unspecified atom stereocenters. The van der Waals surface area contributed by atoms with Gasteiger partial charge in [0.15, 0.2) is 5.78 Å². The molecule has 0 aliphatic carbocycles. The number of rotatable bonds is 3. The van der Waals surface area contributed by atoms with Crippen molar-refractivity contribution >= 4 is 17.4 Å². The zero-order valence-corrected chi connectivity index (χ0v) is 9.17. The fourth-order valence-electron chi connectivity index (χ4n) is 1.59. The van der Waals surface area contributed by atoms with Crippen LogP contribution in [0, 0.1) is 5.92 Å². The summed E-state index contributed by atoms with van der Waals surface area (Å²) in [5.41, 5.74) is 0.508. The summed E-state index contributed by atoms with van der Waals surface area (Å²) in [5.74, 6) is 0.661. The number of Topliss-reactive ketones (excluding diaryl/α,β-unsaturated/α-hetero) is 1. The SMILES string of the molecule is COc1cccc(Cl)c1C(=O)C1CNC1. The van der Waals surface area contributed by atoms with Crippen LogP contribution in [0.2, 0.25) is 5.02 Å². The lowest BCUT2D eigenvalue weighted by Crippen LogP contribution is -2.46. The van der Waals surface area contributed by atoms with Crippen molar-refractivity contribution in [1.82, 2.24) is 5.32 Å². The number of methoxy groups -OCH3 is 1. The van der Waals surface area contributed by atoms with Crippen molar-refractivity contribution in [2.75, 3.05) is 20.2 Å². The minimum Gasteiger partial charge on any atom is -0.496 e. The van der Waals surface area contributed by atoms with Crippen LogP contribution >= 0.6 is 11.6 Å².